The number of hydrogen-bond donors (Lipinski definition) is 0. The summed E-state index contributed by atoms with van der Waals surface area (Å²) < 4.78 is 2.11. The molecule has 0 spiro atoms. The Morgan fingerprint density at radius 1 is 1.30 bits per heavy atom. The van der Waals surface area contributed by atoms with E-state index in [0.29, 0.717) is 0 Å². The Hall–Kier alpha value is -1.24. The second-order valence-electron chi connectivity index (χ2n) is 2.36. The van der Waals surface area contributed by atoms with Crippen molar-refractivity contribution in [3.63, 3.8) is 0 Å². The molecule has 0 saturated carbocycles. The fourth-order valence-corrected chi connectivity index (χ4v) is 1.13. The van der Waals surface area contributed by atoms with Gasteiger partial charge < -0.3 is 4.57 Å². The minimum absolute atomic E-state index is 1.04. The molecule has 1 nitrogen and oxygen atoms in total. The average molecular weight is 131 g/mol. The van der Waals surface area contributed by atoms with Crippen molar-refractivity contribution < 1.29 is 0 Å². The van der Waals surface area contributed by atoms with Crippen LogP contribution in [0.2, 0.25) is 0 Å². The number of aromatic nitrogens is 1. The van der Waals surface area contributed by atoms with E-state index in [9.17, 15) is 0 Å². The predicted molar refractivity (Wildman–Crippen MR) is 43.4 cm³/mol. The second-order valence-corrected chi connectivity index (χ2v) is 2.36. The highest BCUT2D eigenvalue weighted by Crippen LogP contribution is 2.09. The van der Waals surface area contributed by atoms with Gasteiger partial charge in [-0.3, -0.25) is 0 Å². The van der Waals surface area contributed by atoms with E-state index in [0.717, 1.165) is 6.42 Å². The van der Waals surface area contributed by atoms with Crippen molar-refractivity contribution in [2.75, 3.05) is 0 Å². The topological polar surface area (TPSA) is 4.93 Å². The Labute approximate surface area is 60.3 Å². The second kappa shape index (κ2) is 2.18. The molecule has 50 valence electrons. The molecule has 1 aliphatic rings. The van der Waals surface area contributed by atoms with E-state index in [4.69, 9.17) is 0 Å². The maximum Gasteiger partial charge on any atom is 0.0446 e. The van der Waals surface area contributed by atoms with Crippen molar-refractivity contribution in [2.45, 2.75) is 6.42 Å². The van der Waals surface area contributed by atoms with E-state index in [2.05, 4.69) is 47.3 Å². The van der Waals surface area contributed by atoms with Gasteiger partial charge in [0, 0.05) is 18.1 Å². The SMILES string of the molecule is C1=Cc2cccn2C=CC1. The molecule has 2 heterocycles. The quantitative estimate of drug-likeness (QED) is 0.509. The van der Waals surface area contributed by atoms with Crippen LogP contribution in [-0.4, -0.2) is 4.57 Å². The predicted octanol–water partition coefficient (Wildman–Crippen LogP) is 2.38. The molecule has 1 aromatic heterocycles. The summed E-state index contributed by atoms with van der Waals surface area (Å²) in [5, 5.41) is 0. The summed E-state index contributed by atoms with van der Waals surface area (Å²) in [7, 11) is 0. The van der Waals surface area contributed by atoms with Crippen LogP contribution in [0.1, 0.15) is 12.1 Å². The van der Waals surface area contributed by atoms with Gasteiger partial charge in [-0.05, 0) is 24.6 Å². The van der Waals surface area contributed by atoms with Gasteiger partial charge in [-0.2, -0.15) is 0 Å². The third-order valence-corrected chi connectivity index (χ3v) is 1.64. The summed E-state index contributed by atoms with van der Waals surface area (Å²) in [6.45, 7) is 0. The van der Waals surface area contributed by atoms with E-state index in [1.807, 2.05) is 0 Å². The van der Waals surface area contributed by atoms with Gasteiger partial charge in [-0.15, -0.1) is 0 Å². The Bertz CT molecular complexity index is 252. The normalized spacial score (nSPS) is 14.8. The van der Waals surface area contributed by atoms with Crippen molar-refractivity contribution in [3.8, 4) is 0 Å². The monoisotopic (exact) mass is 131 g/mol. The summed E-state index contributed by atoms with van der Waals surface area (Å²) in [5.74, 6) is 0. The Balaban J connectivity index is 2.56. The molecule has 2 rings (SSSR count). The van der Waals surface area contributed by atoms with E-state index < -0.39 is 0 Å². The molecule has 0 aromatic carbocycles. The Morgan fingerprint density at radius 3 is 3.30 bits per heavy atom. The smallest absolute Gasteiger partial charge is 0.0446 e. The lowest BCUT2D eigenvalue weighted by molar-refractivity contribution is 1.15. The molecule has 0 amide bonds. The van der Waals surface area contributed by atoms with Crippen LogP contribution in [0.25, 0.3) is 12.3 Å². The minimum atomic E-state index is 1.04. The summed E-state index contributed by atoms with van der Waals surface area (Å²) in [6, 6.07) is 4.15. The van der Waals surface area contributed by atoms with Crippen LogP contribution < -0.4 is 0 Å². The fourth-order valence-electron chi connectivity index (χ4n) is 1.13. The molecular formula is C9H9N. The molecule has 0 aliphatic carbocycles. The van der Waals surface area contributed by atoms with Crippen LogP contribution in [0.4, 0.5) is 0 Å². The van der Waals surface area contributed by atoms with Crippen LogP contribution in [0.5, 0.6) is 0 Å². The van der Waals surface area contributed by atoms with Gasteiger partial charge in [0.25, 0.3) is 0 Å². The van der Waals surface area contributed by atoms with Crippen LogP contribution in [0, 0.1) is 0 Å². The highest BCUT2D eigenvalue weighted by atomic mass is 14.9. The third-order valence-electron chi connectivity index (χ3n) is 1.64. The van der Waals surface area contributed by atoms with E-state index >= 15 is 0 Å². The molecule has 0 atom stereocenters. The number of allylic oxidation sites excluding steroid dienone is 2. The molecule has 1 aromatic rings. The largest absolute Gasteiger partial charge is 0.324 e. The van der Waals surface area contributed by atoms with Crippen LogP contribution in [0.3, 0.4) is 0 Å². The standard InChI is InChI=1S/C9H9N/c1-2-5-9-6-4-8-10(9)7-3-1/h2-8H,1H2. The van der Waals surface area contributed by atoms with Crippen LogP contribution >= 0.6 is 0 Å². The Kier molecular flexibility index (Phi) is 1.21. The third kappa shape index (κ3) is 0.798. The van der Waals surface area contributed by atoms with E-state index in [1.165, 1.54) is 5.69 Å². The molecule has 1 aliphatic heterocycles. The minimum Gasteiger partial charge on any atom is -0.324 e. The fraction of sp³-hybridized carbons (Fsp3) is 0.111. The average Bonchev–Trinajstić information content (AvgIpc) is 2.28. The van der Waals surface area contributed by atoms with Gasteiger partial charge in [0.1, 0.15) is 0 Å². The van der Waals surface area contributed by atoms with E-state index in [1.54, 1.807) is 0 Å². The van der Waals surface area contributed by atoms with Gasteiger partial charge in [0.2, 0.25) is 0 Å². The highest BCUT2D eigenvalue weighted by molar-refractivity contribution is 5.52. The van der Waals surface area contributed by atoms with Crippen LogP contribution in [-0.2, 0) is 0 Å². The van der Waals surface area contributed by atoms with Gasteiger partial charge in [-0.25, -0.2) is 0 Å². The lowest BCUT2D eigenvalue weighted by atomic mass is 10.3. The lowest BCUT2D eigenvalue weighted by Gasteiger charge is -1.93. The first kappa shape index (κ1) is 5.54. The molecule has 0 saturated heterocycles. The zero-order valence-electron chi connectivity index (χ0n) is 5.70. The van der Waals surface area contributed by atoms with E-state index in [-0.39, 0.29) is 0 Å². The highest BCUT2D eigenvalue weighted by Gasteiger charge is 1.93. The first-order chi connectivity index (χ1) is 4.97. The number of rotatable bonds is 0. The molecule has 1 heteroatoms. The first-order valence-corrected chi connectivity index (χ1v) is 3.47. The summed E-state index contributed by atoms with van der Waals surface area (Å²) in [6.07, 6.45) is 11.6. The van der Waals surface area contributed by atoms with Crippen molar-refractivity contribution >= 4 is 12.3 Å². The Morgan fingerprint density at radius 2 is 2.30 bits per heavy atom. The summed E-state index contributed by atoms with van der Waals surface area (Å²) in [5.41, 5.74) is 1.26. The number of nitrogens with zero attached hydrogens (tertiary/aromatic N) is 1. The van der Waals surface area contributed by atoms with Gasteiger partial charge in [0.05, 0.1) is 0 Å². The first-order valence-electron chi connectivity index (χ1n) is 3.47. The van der Waals surface area contributed by atoms with Crippen molar-refractivity contribution in [2.24, 2.45) is 0 Å². The molecular weight excluding hydrogens is 122 g/mol. The summed E-state index contributed by atoms with van der Waals surface area (Å²) in [4.78, 5) is 0. The van der Waals surface area contributed by atoms with Crippen LogP contribution in [0.15, 0.2) is 30.5 Å². The molecule has 0 radical (unpaired) electrons. The van der Waals surface area contributed by atoms with Gasteiger partial charge >= 0.3 is 0 Å². The van der Waals surface area contributed by atoms with Crippen molar-refractivity contribution in [1.29, 1.82) is 0 Å². The van der Waals surface area contributed by atoms with Crippen molar-refractivity contribution in [1.82, 2.24) is 4.57 Å². The molecule has 10 heavy (non-hydrogen) atoms. The van der Waals surface area contributed by atoms with Gasteiger partial charge in [0.15, 0.2) is 0 Å². The number of fused-ring (bicyclic) bond motifs is 1. The molecule has 0 bridgehead atoms. The van der Waals surface area contributed by atoms with Crippen molar-refractivity contribution in [3.05, 3.63) is 36.2 Å². The maximum absolute atomic E-state index is 2.16. The maximum atomic E-state index is 2.16. The molecule has 0 N–H and O–H groups in total. The van der Waals surface area contributed by atoms with Gasteiger partial charge in [-0.1, -0.05) is 12.2 Å². The number of hydrogen-bond acceptors (Lipinski definition) is 0. The summed E-state index contributed by atoms with van der Waals surface area (Å²) >= 11 is 0. The molecule has 0 fully saturated rings. The lowest BCUT2D eigenvalue weighted by Crippen LogP contribution is -1.83. The molecule has 0 unspecified atom stereocenters. The zero-order chi connectivity index (χ0) is 6.81. The zero-order valence-corrected chi connectivity index (χ0v) is 5.70.